The maximum atomic E-state index is 4.10. The van der Waals surface area contributed by atoms with Crippen LogP contribution in [0.3, 0.4) is 0 Å². The molecule has 2 aromatic carbocycles. The highest BCUT2D eigenvalue weighted by atomic mass is 15.2. The zero-order valence-electron chi connectivity index (χ0n) is 14.3. The average molecular weight is 319 g/mol. The second-order valence-electron chi connectivity index (χ2n) is 6.92. The molecule has 0 radical (unpaired) electrons. The standard InChI is InChI=1S/C21H25N3/c1-16-14-23(15-17(2)22-16)12-7-13-24-20-10-5-3-8-18(20)19-9-4-6-11-21(19)24/h3-6,8-11,17,22H,1,7,12-15H2,2H3/t17-/m1/s1. The van der Waals surface area contributed by atoms with Gasteiger partial charge in [-0.2, -0.15) is 0 Å². The van der Waals surface area contributed by atoms with Crippen LogP contribution in [0.15, 0.2) is 60.8 Å². The number of nitrogens with zero attached hydrogens (tertiary/aromatic N) is 2. The Labute approximate surface area is 143 Å². The molecule has 4 rings (SSSR count). The second kappa shape index (κ2) is 6.33. The van der Waals surface area contributed by atoms with Crippen LogP contribution < -0.4 is 5.32 Å². The van der Waals surface area contributed by atoms with Gasteiger partial charge >= 0.3 is 0 Å². The number of aromatic nitrogens is 1. The van der Waals surface area contributed by atoms with Crippen LogP contribution in [0.25, 0.3) is 21.8 Å². The summed E-state index contributed by atoms with van der Waals surface area (Å²) in [7, 11) is 0. The third-order valence-electron chi connectivity index (χ3n) is 4.93. The van der Waals surface area contributed by atoms with Gasteiger partial charge in [-0.15, -0.1) is 0 Å². The lowest BCUT2D eigenvalue weighted by Crippen LogP contribution is -2.47. The third kappa shape index (κ3) is 2.80. The Hall–Kier alpha value is -2.26. The van der Waals surface area contributed by atoms with E-state index in [2.05, 4.69) is 76.8 Å². The number of para-hydroxylation sites is 2. The average Bonchev–Trinajstić information content (AvgIpc) is 2.89. The van der Waals surface area contributed by atoms with Gasteiger partial charge in [0, 0.05) is 59.7 Å². The molecule has 124 valence electrons. The van der Waals surface area contributed by atoms with Gasteiger partial charge < -0.3 is 9.88 Å². The molecule has 3 nitrogen and oxygen atoms in total. The van der Waals surface area contributed by atoms with Crippen molar-refractivity contribution in [3.8, 4) is 0 Å². The normalized spacial score (nSPS) is 19.0. The van der Waals surface area contributed by atoms with Gasteiger partial charge in [0.05, 0.1) is 0 Å². The number of aryl methyl sites for hydroxylation is 1. The molecule has 1 aliphatic heterocycles. The highest BCUT2D eigenvalue weighted by molar-refractivity contribution is 6.07. The van der Waals surface area contributed by atoms with E-state index in [1.807, 2.05) is 0 Å². The van der Waals surface area contributed by atoms with Gasteiger partial charge in [0.25, 0.3) is 0 Å². The molecule has 0 amide bonds. The van der Waals surface area contributed by atoms with E-state index in [0.717, 1.165) is 38.3 Å². The Balaban J connectivity index is 1.55. The molecule has 1 fully saturated rings. The van der Waals surface area contributed by atoms with E-state index in [9.17, 15) is 0 Å². The molecular weight excluding hydrogens is 294 g/mol. The van der Waals surface area contributed by atoms with Crippen molar-refractivity contribution >= 4 is 21.8 Å². The molecule has 1 aromatic heterocycles. The van der Waals surface area contributed by atoms with E-state index in [4.69, 9.17) is 0 Å². The minimum Gasteiger partial charge on any atom is -0.384 e. The molecule has 0 spiro atoms. The minimum absolute atomic E-state index is 0.500. The van der Waals surface area contributed by atoms with Crippen LogP contribution in [0, 0.1) is 0 Å². The number of benzene rings is 2. The van der Waals surface area contributed by atoms with Crippen molar-refractivity contribution < 1.29 is 0 Å². The number of rotatable bonds is 4. The molecule has 24 heavy (non-hydrogen) atoms. The topological polar surface area (TPSA) is 20.2 Å². The summed E-state index contributed by atoms with van der Waals surface area (Å²) >= 11 is 0. The first-order valence-corrected chi connectivity index (χ1v) is 8.85. The summed E-state index contributed by atoms with van der Waals surface area (Å²) in [6.07, 6.45) is 1.16. The monoisotopic (exact) mass is 319 g/mol. The van der Waals surface area contributed by atoms with Crippen LogP contribution in [0.2, 0.25) is 0 Å². The largest absolute Gasteiger partial charge is 0.384 e. The first kappa shape index (κ1) is 15.3. The Morgan fingerprint density at radius 2 is 1.62 bits per heavy atom. The first-order valence-electron chi connectivity index (χ1n) is 8.85. The van der Waals surface area contributed by atoms with Crippen LogP contribution in [0.4, 0.5) is 0 Å². The van der Waals surface area contributed by atoms with Crippen molar-refractivity contribution in [1.82, 2.24) is 14.8 Å². The molecule has 3 aromatic rings. The molecular formula is C21H25N3. The smallest absolute Gasteiger partial charge is 0.0491 e. The molecule has 0 unspecified atom stereocenters. The Morgan fingerprint density at radius 1 is 1.00 bits per heavy atom. The Morgan fingerprint density at radius 3 is 2.25 bits per heavy atom. The summed E-state index contributed by atoms with van der Waals surface area (Å²) in [5, 5.41) is 6.14. The van der Waals surface area contributed by atoms with Crippen LogP contribution in [0.5, 0.6) is 0 Å². The van der Waals surface area contributed by atoms with Gasteiger partial charge in [-0.25, -0.2) is 0 Å². The highest BCUT2D eigenvalue weighted by Gasteiger charge is 2.17. The van der Waals surface area contributed by atoms with Gasteiger partial charge in [0.15, 0.2) is 0 Å². The van der Waals surface area contributed by atoms with Crippen LogP contribution in [0.1, 0.15) is 13.3 Å². The molecule has 1 saturated heterocycles. The predicted octanol–water partition coefficient (Wildman–Crippen LogP) is 3.99. The summed E-state index contributed by atoms with van der Waals surface area (Å²) in [6.45, 7) is 10.6. The van der Waals surface area contributed by atoms with Gasteiger partial charge in [0.2, 0.25) is 0 Å². The first-order chi connectivity index (χ1) is 11.7. The Bertz CT molecular complexity index is 824. The number of fused-ring (bicyclic) bond motifs is 3. The van der Waals surface area contributed by atoms with E-state index in [1.54, 1.807) is 0 Å². The molecule has 2 heterocycles. The summed E-state index contributed by atoms with van der Waals surface area (Å²) in [5.41, 5.74) is 3.83. The van der Waals surface area contributed by atoms with Gasteiger partial charge in [0.1, 0.15) is 0 Å². The maximum Gasteiger partial charge on any atom is 0.0491 e. The van der Waals surface area contributed by atoms with E-state index in [1.165, 1.54) is 21.8 Å². The summed E-state index contributed by atoms with van der Waals surface area (Å²) in [6, 6.07) is 18.0. The number of nitrogens with one attached hydrogen (secondary N) is 1. The maximum absolute atomic E-state index is 4.10. The number of piperazine rings is 1. The molecule has 0 aliphatic carbocycles. The van der Waals surface area contributed by atoms with Crippen LogP contribution in [-0.2, 0) is 6.54 Å². The quantitative estimate of drug-likeness (QED) is 0.784. The second-order valence-corrected chi connectivity index (χ2v) is 6.92. The minimum atomic E-state index is 0.500. The fourth-order valence-corrected chi connectivity index (χ4v) is 4.03. The van der Waals surface area contributed by atoms with E-state index >= 15 is 0 Å². The molecule has 0 saturated carbocycles. The van der Waals surface area contributed by atoms with E-state index in [0.29, 0.717) is 6.04 Å². The van der Waals surface area contributed by atoms with Crippen molar-refractivity contribution in [1.29, 1.82) is 0 Å². The summed E-state index contributed by atoms with van der Waals surface area (Å²) in [5.74, 6) is 0. The summed E-state index contributed by atoms with van der Waals surface area (Å²) in [4.78, 5) is 2.51. The number of hydrogen-bond acceptors (Lipinski definition) is 2. The van der Waals surface area contributed by atoms with Crippen LogP contribution in [-0.4, -0.2) is 35.1 Å². The predicted molar refractivity (Wildman–Crippen MR) is 102 cm³/mol. The lowest BCUT2D eigenvalue weighted by molar-refractivity contribution is 0.229. The van der Waals surface area contributed by atoms with Crippen molar-refractivity contribution in [3.63, 3.8) is 0 Å². The molecule has 3 heteroatoms. The molecule has 1 aliphatic rings. The van der Waals surface area contributed by atoms with Crippen molar-refractivity contribution in [3.05, 3.63) is 60.8 Å². The highest BCUT2D eigenvalue weighted by Crippen LogP contribution is 2.28. The molecule has 0 bridgehead atoms. The van der Waals surface area contributed by atoms with E-state index in [-0.39, 0.29) is 0 Å². The van der Waals surface area contributed by atoms with E-state index < -0.39 is 0 Å². The zero-order valence-corrected chi connectivity index (χ0v) is 14.3. The fourth-order valence-electron chi connectivity index (χ4n) is 4.03. The van der Waals surface area contributed by atoms with Crippen molar-refractivity contribution in [2.24, 2.45) is 0 Å². The number of hydrogen-bond donors (Lipinski definition) is 1. The zero-order chi connectivity index (χ0) is 16.5. The summed E-state index contributed by atoms with van der Waals surface area (Å²) < 4.78 is 2.48. The molecule has 1 atom stereocenters. The van der Waals surface area contributed by atoms with Crippen LogP contribution >= 0.6 is 0 Å². The fraction of sp³-hybridized carbons (Fsp3) is 0.333. The van der Waals surface area contributed by atoms with Gasteiger partial charge in [-0.1, -0.05) is 43.0 Å². The van der Waals surface area contributed by atoms with Crippen molar-refractivity contribution in [2.45, 2.75) is 25.9 Å². The van der Waals surface area contributed by atoms with Crippen molar-refractivity contribution in [2.75, 3.05) is 19.6 Å². The molecule has 1 N–H and O–H groups in total. The SMILES string of the molecule is C=C1CN(CCCn2c3ccccc3c3ccccc32)C[C@@H](C)N1. The third-order valence-corrected chi connectivity index (χ3v) is 4.93. The lowest BCUT2D eigenvalue weighted by atomic mass is 10.2. The lowest BCUT2D eigenvalue weighted by Gasteiger charge is -2.33. The Kier molecular flexibility index (Phi) is 4.03. The van der Waals surface area contributed by atoms with Gasteiger partial charge in [-0.3, -0.25) is 4.90 Å². The van der Waals surface area contributed by atoms with Gasteiger partial charge in [-0.05, 0) is 25.5 Å².